The number of hydrogen-bond donors (Lipinski definition) is 1. The summed E-state index contributed by atoms with van der Waals surface area (Å²) >= 11 is 0. The van der Waals surface area contributed by atoms with E-state index in [0.717, 1.165) is 12.8 Å². The Bertz CT molecular complexity index is 529. The summed E-state index contributed by atoms with van der Waals surface area (Å²) in [6.45, 7) is 1.17. The van der Waals surface area contributed by atoms with E-state index >= 15 is 0 Å². The summed E-state index contributed by atoms with van der Waals surface area (Å²) in [6, 6.07) is 4.61. The third-order valence-corrected chi connectivity index (χ3v) is 3.31. The van der Waals surface area contributed by atoms with Crippen LogP contribution in [0, 0.1) is 5.82 Å². The van der Waals surface area contributed by atoms with Crippen LogP contribution in [0.25, 0.3) is 0 Å². The van der Waals surface area contributed by atoms with Crippen LogP contribution in [0.4, 0.5) is 4.39 Å². The van der Waals surface area contributed by atoms with Gasteiger partial charge in [0.05, 0.1) is 12.6 Å². The summed E-state index contributed by atoms with van der Waals surface area (Å²) in [4.78, 5) is 13.9. The number of rotatable bonds is 4. The van der Waals surface area contributed by atoms with Crippen LogP contribution >= 0.6 is 0 Å². The first-order valence-corrected chi connectivity index (χ1v) is 7.11. The number of carbonyl (C=O) groups excluding carboxylic acids is 1. The summed E-state index contributed by atoms with van der Waals surface area (Å²) in [5.41, 5.74) is 0.710. The number of nitrogens with one attached hydrogen (secondary N) is 1. The highest BCUT2D eigenvalue weighted by Crippen LogP contribution is 2.33. The molecule has 2 rings (SSSR count). The minimum absolute atomic E-state index is 0.168. The topological polar surface area (TPSA) is 41.6 Å². The van der Waals surface area contributed by atoms with Crippen molar-refractivity contribution in [2.24, 2.45) is 0 Å². The largest absolute Gasteiger partial charge is 0.490 e. The van der Waals surface area contributed by atoms with Gasteiger partial charge in [0.1, 0.15) is 0 Å². The van der Waals surface area contributed by atoms with E-state index in [9.17, 15) is 9.18 Å². The third kappa shape index (κ3) is 4.29. The Morgan fingerprint density at radius 1 is 1.52 bits per heavy atom. The molecular formula is C16H21FN2O2. The fourth-order valence-electron chi connectivity index (χ4n) is 2.31. The fraction of sp³-hybridized carbons (Fsp3) is 0.438. The van der Waals surface area contributed by atoms with Gasteiger partial charge in [-0.3, -0.25) is 4.79 Å². The van der Waals surface area contributed by atoms with Crippen LogP contribution in [0.1, 0.15) is 24.4 Å². The maximum absolute atomic E-state index is 13.8. The molecule has 4 nitrogen and oxygen atoms in total. The average Bonchev–Trinajstić information content (AvgIpc) is 2.62. The van der Waals surface area contributed by atoms with E-state index in [1.165, 1.54) is 12.1 Å². The van der Waals surface area contributed by atoms with E-state index in [4.69, 9.17) is 4.74 Å². The molecule has 0 fully saturated rings. The first-order valence-electron chi connectivity index (χ1n) is 7.11. The smallest absolute Gasteiger partial charge is 0.244 e. The molecule has 0 bridgehead atoms. The van der Waals surface area contributed by atoms with Crippen molar-refractivity contribution in [1.29, 1.82) is 0 Å². The van der Waals surface area contributed by atoms with Crippen LogP contribution in [-0.4, -0.2) is 38.1 Å². The van der Waals surface area contributed by atoms with Crippen molar-refractivity contribution in [3.05, 3.63) is 41.7 Å². The zero-order valence-corrected chi connectivity index (χ0v) is 12.4. The van der Waals surface area contributed by atoms with Crippen molar-refractivity contribution >= 4 is 5.91 Å². The number of benzene rings is 1. The van der Waals surface area contributed by atoms with Crippen molar-refractivity contribution in [1.82, 2.24) is 10.2 Å². The number of halogens is 1. The highest BCUT2D eigenvalue weighted by molar-refractivity contribution is 5.87. The molecule has 1 aromatic carbocycles. The van der Waals surface area contributed by atoms with E-state index in [1.807, 2.05) is 19.0 Å². The van der Waals surface area contributed by atoms with Crippen LogP contribution < -0.4 is 10.1 Å². The Kier molecular flexibility index (Phi) is 5.33. The molecule has 0 radical (unpaired) electrons. The second-order valence-corrected chi connectivity index (χ2v) is 5.37. The van der Waals surface area contributed by atoms with Gasteiger partial charge in [-0.1, -0.05) is 18.2 Å². The van der Waals surface area contributed by atoms with Crippen molar-refractivity contribution in [2.45, 2.75) is 18.9 Å². The molecule has 0 aliphatic carbocycles. The molecule has 114 valence electrons. The van der Waals surface area contributed by atoms with Crippen LogP contribution in [0.15, 0.2) is 30.4 Å². The molecule has 0 saturated heterocycles. The number of hydrogen-bond acceptors (Lipinski definition) is 3. The molecule has 0 aromatic heterocycles. The highest BCUT2D eigenvalue weighted by atomic mass is 19.1. The van der Waals surface area contributed by atoms with Gasteiger partial charge >= 0.3 is 0 Å². The van der Waals surface area contributed by atoms with Crippen LogP contribution in [0.5, 0.6) is 5.75 Å². The van der Waals surface area contributed by atoms with Gasteiger partial charge in [0.2, 0.25) is 5.91 Å². The first kappa shape index (κ1) is 15.5. The maximum atomic E-state index is 13.8. The lowest BCUT2D eigenvalue weighted by atomic mass is 10.0. The van der Waals surface area contributed by atoms with Gasteiger partial charge in [-0.05, 0) is 33.0 Å². The molecule has 1 aliphatic heterocycles. The molecular weight excluding hydrogens is 271 g/mol. The van der Waals surface area contributed by atoms with Gasteiger partial charge in [0.15, 0.2) is 11.6 Å². The fourth-order valence-corrected chi connectivity index (χ4v) is 2.31. The second-order valence-electron chi connectivity index (χ2n) is 5.37. The maximum Gasteiger partial charge on any atom is 0.244 e. The van der Waals surface area contributed by atoms with E-state index in [0.29, 0.717) is 18.7 Å². The summed E-state index contributed by atoms with van der Waals surface area (Å²) in [7, 11) is 3.87. The summed E-state index contributed by atoms with van der Waals surface area (Å²) in [6.07, 6.45) is 4.84. The Balaban J connectivity index is 2.08. The Labute approximate surface area is 124 Å². The Hall–Kier alpha value is -1.88. The van der Waals surface area contributed by atoms with Gasteiger partial charge in [-0.25, -0.2) is 4.39 Å². The Morgan fingerprint density at radius 2 is 2.33 bits per heavy atom. The molecule has 0 spiro atoms. The minimum atomic E-state index is -0.378. The number of fused-ring (bicyclic) bond motifs is 1. The third-order valence-electron chi connectivity index (χ3n) is 3.31. The van der Waals surface area contributed by atoms with Gasteiger partial charge in [-0.15, -0.1) is 0 Å². The molecule has 21 heavy (non-hydrogen) atoms. The number of carbonyl (C=O) groups is 1. The second kappa shape index (κ2) is 7.22. The summed E-state index contributed by atoms with van der Waals surface area (Å²) in [5, 5.41) is 2.93. The van der Waals surface area contributed by atoms with Gasteiger partial charge in [0, 0.05) is 18.2 Å². The van der Waals surface area contributed by atoms with Gasteiger partial charge < -0.3 is 15.0 Å². The number of amides is 1. The highest BCUT2D eigenvalue weighted by Gasteiger charge is 2.23. The zero-order chi connectivity index (χ0) is 15.2. The molecule has 1 unspecified atom stereocenters. The number of ether oxygens (including phenoxy) is 1. The van der Waals surface area contributed by atoms with Crippen LogP contribution in [0.3, 0.4) is 0 Å². The lowest BCUT2D eigenvalue weighted by Crippen LogP contribution is -2.27. The van der Waals surface area contributed by atoms with Crippen LogP contribution in [-0.2, 0) is 4.79 Å². The zero-order valence-electron chi connectivity index (χ0n) is 12.4. The molecule has 1 amide bonds. The van der Waals surface area contributed by atoms with Crippen molar-refractivity contribution in [2.75, 3.05) is 27.2 Å². The minimum Gasteiger partial charge on any atom is -0.490 e. The Morgan fingerprint density at radius 3 is 3.10 bits per heavy atom. The van der Waals surface area contributed by atoms with Crippen molar-refractivity contribution in [3.63, 3.8) is 0 Å². The average molecular weight is 292 g/mol. The molecule has 0 saturated carbocycles. The monoisotopic (exact) mass is 292 g/mol. The van der Waals surface area contributed by atoms with E-state index in [2.05, 4.69) is 5.32 Å². The van der Waals surface area contributed by atoms with Crippen molar-refractivity contribution < 1.29 is 13.9 Å². The van der Waals surface area contributed by atoms with E-state index < -0.39 is 0 Å². The molecule has 5 heteroatoms. The standard InChI is InChI=1S/C16H21FN2O2/c1-19(2)10-4-9-15(20)18-14-8-5-11-21-16-12(14)6-3-7-13(16)17/h3-4,6-7,9,14H,5,8,10-11H2,1-2H3,(H,18,20)/b9-4+. The molecule has 1 N–H and O–H groups in total. The van der Waals surface area contributed by atoms with Crippen molar-refractivity contribution in [3.8, 4) is 5.75 Å². The number of para-hydroxylation sites is 1. The summed E-state index contributed by atoms with van der Waals surface area (Å²) < 4.78 is 19.2. The molecule has 1 aliphatic rings. The van der Waals surface area contributed by atoms with E-state index in [1.54, 1.807) is 18.2 Å². The molecule has 1 aromatic rings. The lowest BCUT2D eigenvalue weighted by molar-refractivity contribution is -0.117. The number of likely N-dealkylation sites (N-methyl/N-ethyl adjacent to an activating group) is 1. The molecule has 1 heterocycles. The van der Waals surface area contributed by atoms with Crippen LogP contribution in [0.2, 0.25) is 0 Å². The first-order chi connectivity index (χ1) is 10.1. The van der Waals surface area contributed by atoms with Gasteiger partial charge in [0.25, 0.3) is 0 Å². The molecule has 1 atom stereocenters. The normalized spacial score (nSPS) is 18.2. The van der Waals surface area contributed by atoms with E-state index in [-0.39, 0.29) is 23.5 Å². The predicted octanol–water partition coefficient (Wildman–Crippen LogP) is 2.27. The SMILES string of the molecule is CN(C)C/C=C/C(=O)NC1CCCOc2c(F)cccc21. The predicted molar refractivity (Wildman–Crippen MR) is 79.7 cm³/mol. The lowest BCUT2D eigenvalue weighted by Gasteiger charge is -2.17. The van der Waals surface area contributed by atoms with Gasteiger partial charge in [-0.2, -0.15) is 0 Å². The summed E-state index contributed by atoms with van der Waals surface area (Å²) in [5.74, 6) is -0.284. The quantitative estimate of drug-likeness (QED) is 0.866. The number of nitrogens with zero attached hydrogens (tertiary/aromatic N) is 1.